The smallest absolute Gasteiger partial charge is 0.270 e. The van der Waals surface area contributed by atoms with E-state index in [4.69, 9.17) is 0 Å². The lowest BCUT2D eigenvalue weighted by molar-refractivity contribution is -0.385. The molecular weight excluding hydrogens is 330 g/mol. The van der Waals surface area contributed by atoms with Gasteiger partial charge in [0, 0.05) is 37.3 Å². The third-order valence-electron chi connectivity index (χ3n) is 3.68. The minimum Gasteiger partial charge on any atom is -0.311 e. The molecule has 0 radical (unpaired) electrons. The summed E-state index contributed by atoms with van der Waals surface area (Å²) in [4.78, 5) is 10.3. The molecule has 0 bridgehead atoms. The van der Waals surface area contributed by atoms with Crippen LogP contribution in [0.4, 0.5) is 5.69 Å². The van der Waals surface area contributed by atoms with Gasteiger partial charge in [-0.25, -0.2) is 8.42 Å². The molecule has 9 heteroatoms. The summed E-state index contributed by atoms with van der Waals surface area (Å²) in [6, 6.07) is 3.80. The van der Waals surface area contributed by atoms with Crippen LogP contribution in [0.2, 0.25) is 0 Å². The minimum atomic E-state index is -3.74. The number of nitrogens with one attached hydrogen (secondary N) is 1. The van der Waals surface area contributed by atoms with Crippen LogP contribution in [0.15, 0.2) is 23.1 Å². The first-order chi connectivity index (χ1) is 9.73. The standard InChI is InChI=1S/C13H19N3O4S.ClH/c1-9-4-5-12(16(17)18)6-13(9)21(19,20)15-8-10(2)14-7-11(15)3;/h4-6,10-11,14H,7-8H2,1-3H3;1H. The van der Waals surface area contributed by atoms with E-state index < -0.39 is 14.9 Å². The predicted molar refractivity (Wildman–Crippen MR) is 85.9 cm³/mol. The molecule has 0 saturated carbocycles. The molecule has 0 aliphatic carbocycles. The number of sulfonamides is 1. The van der Waals surface area contributed by atoms with Gasteiger partial charge < -0.3 is 5.32 Å². The van der Waals surface area contributed by atoms with E-state index in [1.54, 1.807) is 6.92 Å². The van der Waals surface area contributed by atoms with E-state index in [0.717, 1.165) is 6.07 Å². The van der Waals surface area contributed by atoms with Crippen LogP contribution in [0, 0.1) is 17.0 Å². The highest BCUT2D eigenvalue weighted by Gasteiger charge is 2.34. The molecule has 0 spiro atoms. The van der Waals surface area contributed by atoms with E-state index in [0.29, 0.717) is 18.7 Å². The maximum absolute atomic E-state index is 12.8. The van der Waals surface area contributed by atoms with E-state index in [-0.39, 0.29) is 35.1 Å². The van der Waals surface area contributed by atoms with Gasteiger partial charge in [0.1, 0.15) is 0 Å². The van der Waals surface area contributed by atoms with Gasteiger partial charge in [-0.3, -0.25) is 10.1 Å². The number of rotatable bonds is 3. The Morgan fingerprint density at radius 2 is 2.00 bits per heavy atom. The zero-order valence-corrected chi connectivity index (χ0v) is 14.3. The fourth-order valence-corrected chi connectivity index (χ4v) is 4.39. The molecule has 1 heterocycles. The Labute approximate surface area is 136 Å². The molecule has 1 N–H and O–H groups in total. The van der Waals surface area contributed by atoms with Crippen molar-refractivity contribution in [2.75, 3.05) is 13.1 Å². The molecule has 124 valence electrons. The number of benzene rings is 1. The molecular formula is C13H20ClN3O4S. The molecule has 7 nitrogen and oxygen atoms in total. The largest absolute Gasteiger partial charge is 0.311 e. The molecule has 1 aliphatic heterocycles. The van der Waals surface area contributed by atoms with E-state index in [1.165, 1.54) is 16.4 Å². The number of nitro benzene ring substituents is 1. The van der Waals surface area contributed by atoms with Gasteiger partial charge in [-0.1, -0.05) is 6.07 Å². The van der Waals surface area contributed by atoms with Crippen molar-refractivity contribution in [2.24, 2.45) is 0 Å². The molecule has 1 saturated heterocycles. The maximum Gasteiger partial charge on any atom is 0.270 e. The van der Waals surface area contributed by atoms with Crippen LogP contribution in [0.3, 0.4) is 0 Å². The highest BCUT2D eigenvalue weighted by Crippen LogP contribution is 2.27. The summed E-state index contributed by atoms with van der Waals surface area (Å²) in [7, 11) is -3.74. The molecule has 0 aromatic heterocycles. The van der Waals surface area contributed by atoms with Crippen LogP contribution < -0.4 is 5.32 Å². The first-order valence-electron chi connectivity index (χ1n) is 6.73. The molecule has 1 fully saturated rings. The second-order valence-electron chi connectivity index (χ2n) is 5.44. The number of aryl methyl sites for hydroxylation is 1. The average molecular weight is 350 g/mol. The van der Waals surface area contributed by atoms with Crippen LogP contribution in [0.5, 0.6) is 0 Å². The van der Waals surface area contributed by atoms with Gasteiger partial charge in [-0.2, -0.15) is 4.31 Å². The third-order valence-corrected chi connectivity index (χ3v) is 5.80. The monoisotopic (exact) mass is 349 g/mol. The summed E-state index contributed by atoms with van der Waals surface area (Å²) in [5, 5.41) is 14.1. The topological polar surface area (TPSA) is 92.5 Å². The van der Waals surface area contributed by atoms with Crippen molar-refractivity contribution >= 4 is 28.1 Å². The van der Waals surface area contributed by atoms with Gasteiger partial charge in [0.25, 0.3) is 5.69 Å². The third kappa shape index (κ3) is 3.57. The molecule has 22 heavy (non-hydrogen) atoms. The fourth-order valence-electron chi connectivity index (χ4n) is 2.43. The van der Waals surface area contributed by atoms with Crippen LogP contribution in [-0.4, -0.2) is 42.8 Å². The number of hydrogen-bond donors (Lipinski definition) is 1. The molecule has 2 rings (SSSR count). The van der Waals surface area contributed by atoms with E-state index in [2.05, 4.69) is 5.32 Å². The molecule has 0 amide bonds. The van der Waals surface area contributed by atoms with Crippen molar-refractivity contribution < 1.29 is 13.3 Å². The Kier molecular flexibility index (Phi) is 5.91. The fraction of sp³-hybridized carbons (Fsp3) is 0.538. The normalized spacial score (nSPS) is 22.9. The van der Waals surface area contributed by atoms with Crippen LogP contribution in [0.25, 0.3) is 0 Å². The SMILES string of the molecule is Cc1ccc([N+](=O)[O-])cc1S(=O)(=O)N1CC(C)NCC1C.Cl. The van der Waals surface area contributed by atoms with Gasteiger partial charge in [-0.15, -0.1) is 12.4 Å². The number of non-ortho nitro benzene ring substituents is 1. The Hall–Kier alpha value is -1.22. The van der Waals surface area contributed by atoms with Gasteiger partial charge in [0.05, 0.1) is 9.82 Å². The summed E-state index contributed by atoms with van der Waals surface area (Å²) >= 11 is 0. The summed E-state index contributed by atoms with van der Waals surface area (Å²) < 4.78 is 27.0. The number of nitrogens with zero attached hydrogens (tertiary/aromatic N) is 2. The Balaban J connectivity index is 0.00000242. The summed E-state index contributed by atoms with van der Waals surface area (Å²) in [5.41, 5.74) is 0.300. The second kappa shape index (κ2) is 6.91. The van der Waals surface area contributed by atoms with Crippen molar-refractivity contribution in [3.63, 3.8) is 0 Å². The van der Waals surface area contributed by atoms with E-state index >= 15 is 0 Å². The zero-order chi connectivity index (χ0) is 15.8. The Bertz CT molecular complexity index is 665. The molecule has 1 aromatic carbocycles. The summed E-state index contributed by atoms with van der Waals surface area (Å²) in [6.07, 6.45) is 0. The molecule has 1 aromatic rings. The van der Waals surface area contributed by atoms with Crippen LogP contribution >= 0.6 is 12.4 Å². The lowest BCUT2D eigenvalue weighted by atomic mass is 10.2. The zero-order valence-electron chi connectivity index (χ0n) is 12.6. The molecule has 1 aliphatic rings. The Morgan fingerprint density at radius 3 is 2.59 bits per heavy atom. The van der Waals surface area contributed by atoms with Gasteiger partial charge in [-0.05, 0) is 26.3 Å². The first kappa shape index (κ1) is 18.8. The summed E-state index contributed by atoms with van der Waals surface area (Å²) in [5.74, 6) is 0. The van der Waals surface area contributed by atoms with E-state index in [9.17, 15) is 18.5 Å². The lowest BCUT2D eigenvalue weighted by Gasteiger charge is -2.36. The number of hydrogen-bond acceptors (Lipinski definition) is 5. The predicted octanol–water partition coefficient (Wildman–Crippen LogP) is 1.70. The highest BCUT2D eigenvalue weighted by molar-refractivity contribution is 7.89. The van der Waals surface area contributed by atoms with Crippen molar-refractivity contribution in [1.82, 2.24) is 9.62 Å². The first-order valence-corrected chi connectivity index (χ1v) is 8.17. The van der Waals surface area contributed by atoms with Crippen molar-refractivity contribution in [1.29, 1.82) is 0 Å². The number of piperazine rings is 1. The van der Waals surface area contributed by atoms with Gasteiger partial charge >= 0.3 is 0 Å². The lowest BCUT2D eigenvalue weighted by Crippen LogP contribution is -2.56. The summed E-state index contributed by atoms with van der Waals surface area (Å²) in [6.45, 7) is 6.30. The number of halogens is 1. The van der Waals surface area contributed by atoms with Gasteiger partial charge in [0.15, 0.2) is 0 Å². The Morgan fingerprint density at radius 1 is 1.36 bits per heavy atom. The average Bonchev–Trinajstić information content (AvgIpc) is 2.41. The maximum atomic E-state index is 12.8. The highest BCUT2D eigenvalue weighted by atomic mass is 35.5. The van der Waals surface area contributed by atoms with Crippen LogP contribution in [-0.2, 0) is 10.0 Å². The van der Waals surface area contributed by atoms with Gasteiger partial charge in [0.2, 0.25) is 10.0 Å². The van der Waals surface area contributed by atoms with Crippen molar-refractivity contribution in [2.45, 2.75) is 37.8 Å². The van der Waals surface area contributed by atoms with Crippen molar-refractivity contribution in [3.8, 4) is 0 Å². The molecule has 2 atom stereocenters. The van der Waals surface area contributed by atoms with E-state index in [1.807, 2.05) is 13.8 Å². The molecule has 2 unspecified atom stereocenters. The quantitative estimate of drug-likeness (QED) is 0.662. The second-order valence-corrected chi connectivity index (χ2v) is 7.30. The minimum absolute atomic E-state index is 0. The van der Waals surface area contributed by atoms with Crippen LogP contribution in [0.1, 0.15) is 19.4 Å². The number of nitro groups is 1. The van der Waals surface area contributed by atoms with Crippen molar-refractivity contribution in [3.05, 3.63) is 33.9 Å².